The molecule has 1 aromatic carbocycles. The number of hydrogen-bond donors (Lipinski definition) is 1. The molecule has 0 radical (unpaired) electrons. The Labute approximate surface area is 123 Å². The monoisotopic (exact) mass is 276 g/mol. The van der Waals surface area contributed by atoms with Crippen LogP contribution in [-0.2, 0) is 6.42 Å². The first-order chi connectivity index (χ1) is 9.55. The van der Waals surface area contributed by atoms with E-state index in [0.29, 0.717) is 6.04 Å². The van der Waals surface area contributed by atoms with Gasteiger partial charge >= 0.3 is 0 Å². The van der Waals surface area contributed by atoms with Gasteiger partial charge in [0, 0.05) is 31.2 Å². The van der Waals surface area contributed by atoms with Crippen molar-refractivity contribution in [2.45, 2.75) is 45.2 Å². The summed E-state index contributed by atoms with van der Waals surface area (Å²) in [5.41, 5.74) is 1.52. The normalized spacial score (nSPS) is 22.7. The molecule has 0 saturated carbocycles. The van der Waals surface area contributed by atoms with Crippen molar-refractivity contribution in [3.63, 3.8) is 0 Å². The maximum absolute atomic E-state index is 5.45. The van der Waals surface area contributed by atoms with Gasteiger partial charge in [-0.1, -0.05) is 25.1 Å². The summed E-state index contributed by atoms with van der Waals surface area (Å²) >= 11 is 0. The van der Waals surface area contributed by atoms with Crippen molar-refractivity contribution in [3.05, 3.63) is 29.8 Å². The molecule has 20 heavy (non-hydrogen) atoms. The highest BCUT2D eigenvalue weighted by atomic mass is 16.5. The summed E-state index contributed by atoms with van der Waals surface area (Å²) in [7, 11) is 1.75. The molecule has 1 aromatic rings. The van der Waals surface area contributed by atoms with E-state index in [4.69, 9.17) is 4.74 Å². The second-order valence-electron chi connectivity index (χ2n) is 6.36. The highest BCUT2D eigenvalue weighted by Crippen LogP contribution is 2.21. The second-order valence-corrected chi connectivity index (χ2v) is 6.36. The molecule has 2 rings (SSSR count). The van der Waals surface area contributed by atoms with Crippen LogP contribution in [0.1, 0.15) is 32.8 Å². The average molecular weight is 276 g/mol. The van der Waals surface area contributed by atoms with Crippen molar-refractivity contribution in [2.75, 3.05) is 26.7 Å². The summed E-state index contributed by atoms with van der Waals surface area (Å²) < 4.78 is 5.45. The number of benzene rings is 1. The van der Waals surface area contributed by atoms with E-state index in [0.717, 1.165) is 31.8 Å². The van der Waals surface area contributed by atoms with Gasteiger partial charge in [-0.15, -0.1) is 0 Å². The minimum atomic E-state index is 0.215. The first-order valence-corrected chi connectivity index (χ1v) is 7.66. The summed E-state index contributed by atoms with van der Waals surface area (Å²) in [5.74, 6) is 1.01. The van der Waals surface area contributed by atoms with Crippen LogP contribution in [0, 0.1) is 0 Å². The summed E-state index contributed by atoms with van der Waals surface area (Å²) in [6.07, 6.45) is 2.26. The first-order valence-electron chi connectivity index (χ1n) is 7.66. The van der Waals surface area contributed by atoms with Crippen LogP contribution in [-0.4, -0.2) is 43.2 Å². The van der Waals surface area contributed by atoms with E-state index in [1.54, 1.807) is 7.11 Å². The highest BCUT2D eigenvalue weighted by molar-refractivity contribution is 5.33. The molecule has 0 aromatic heterocycles. The van der Waals surface area contributed by atoms with Crippen LogP contribution in [0.5, 0.6) is 5.75 Å². The van der Waals surface area contributed by atoms with Gasteiger partial charge in [-0.2, -0.15) is 0 Å². The molecule has 1 fully saturated rings. The highest BCUT2D eigenvalue weighted by Gasteiger charge is 2.31. The third kappa shape index (κ3) is 3.74. The first kappa shape index (κ1) is 15.3. The fraction of sp³-hybridized carbons (Fsp3) is 0.647. The zero-order chi connectivity index (χ0) is 14.6. The Morgan fingerprint density at radius 2 is 2.10 bits per heavy atom. The Bertz CT molecular complexity index is 431. The number of para-hydroxylation sites is 1. The third-order valence-corrected chi connectivity index (χ3v) is 4.26. The molecule has 1 aliphatic rings. The van der Waals surface area contributed by atoms with Crippen molar-refractivity contribution >= 4 is 0 Å². The topological polar surface area (TPSA) is 24.5 Å². The summed E-state index contributed by atoms with van der Waals surface area (Å²) in [4.78, 5) is 2.63. The van der Waals surface area contributed by atoms with Crippen molar-refractivity contribution in [1.82, 2.24) is 10.2 Å². The predicted molar refractivity (Wildman–Crippen MR) is 84.4 cm³/mol. The van der Waals surface area contributed by atoms with Gasteiger partial charge in [0.1, 0.15) is 5.75 Å². The molecule has 3 heteroatoms. The van der Waals surface area contributed by atoms with Crippen molar-refractivity contribution in [3.8, 4) is 5.75 Å². The Morgan fingerprint density at radius 3 is 2.80 bits per heavy atom. The number of piperazine rings is 1. The molecule has 0 bridgehead atoms. The summed E-state index contributed by atoms with van der Waals surface area (Å²) in [6.45, 7) is 10.2. The fourth-order valence-corrected chi connectivity index (χ4v) is 3.05. The minimum Gasteiger partial charge on any atom is -0.496 e. The van der Waals surface area contributed by atoms with E-state index in [2.05, 4.69) is 43.1 Å². The molecule has 1 N–H and O–H groups in total. The molecule has 112 valence electrons. The molecular formula is C17H28N2O. The lowest BCUT2D eigenvalue weighted by Gasteiger charge is -2.44. The molecule has 1 aliphatic heterocycles. The molecule has 0 amide bonds. The van der Waals surface area contributed by atoms with E-state index < -0.39 is 0 Å². The zero-order valence-corrected chi connectivity index (χ0v) is 13.3. The average Bonchev–Trinajstić information content (AvgIpc) is 2.44. The van der Waals surface area contributed by atoms with Crippen LogP contribution in [0.15, 0.2) is 24.3 Å². The van der Waals surface area contributed by atoms with Gasteiger partial charge < -0.3 is 10.1 Å². The quantitative estimate of drug-likeness (QED) is 0.895. The maximum atomic E-state index is 5.45. The van der Waals surface area contributed by atoms with Crippen LogP contribution in [0.4, 0.5) is 0 Å². The van der Waals surface area contributed by atoms with Crippen LogP contribution in [0.25, 0.3) is 0 Å². The molecule has 1 heterocycles. The van der Waals surface area contributed by atoms with Crippen molar-refractivity contribution < 1.29 is 4.74 Å². The standard InChI is InChI=1S/C17H28N2O/c1-5-15-12-18-17(2,3)13-19(15)11-10-14-8-6-7-9-16(14)20-4/h6-9,15,18H,5,10-13H2,1-4H3. The molecule has 0 spiro atoms. The van der Waals surface area contributed by atoms with Crippen LogP contribution < -0.4 is 10.1 Å². The largest absolute Gasteiger partial charge is 0.496 e. The smallest absolute Gasteiger partial charge is 0.122 e. The molecule has 3 nitrogen and oxygen atoms in total. The van der Waals surface area contributed by atoms with Gasteiger partial charge in [0.25, 0.3) is 0 Å². The van der Waals surface area contributed by atoms with Gasteiger partial charge in [-0.3, -0.25) is 4.90 Å². The number of ether oxygens (including phenoxy) is 1. The Balaban J connectivity index is 2.00. The Hall–Kier alpha value is -1.06. The van der Waals surface area contributed by atoms with Crippen LogP contribution >= 0.6 is 0 Å². The number of hydrogen-bond acceptors (Lipinski definition) is 3. The summed E-state index contributed by atoms with van der Waals surface area (Å²) in [6, 6.07) is 9.00. The molecular weight excluding hydrogens is 248 g/mol. The van der Waals surface area contributed by atoms with Gasteiger partial charge in [-0.25, -0.2) is 0 Å². The SMILES string of the molecule is CCC1CNC(C)(C)CN1CCc1ccccc1OC. The van der Waals surface area contributed by atoms with E-state index in [1.807, 2.05) is 12.1 Å². The third-order valence-electron chi connectivity index (χ3n) is 4.26. The van der Waals surface area contributed by atoms with E-state index in [9.17, 15) is 0 Å². The number of nitrogens with one attached hydrogen (secondary N) is 1. The van der Waals surface area contributed by atoms with Crippen LogP contribution in [0.2, 0.25) is 0 Å². The van der Waals surface area contributed by atoms with Gasteiger partial charge in [0.2, 0.25) is 0 Å². The summed E-state index contributed by atoms with van der Waals surface area (Å²) in [5, 5.41) is 3.64. The van der Waals surface area contributed by atoms with Crippen molar-refractivity contribution in [1.29, 1.82) is 0 Å². The molecule has 0 aliphatic carbocycles. The van der Waals surface area contributed by atoms with E-state index in [-0.39, 0.29) is 5.54 Å². The van der Waals surface area contributed by atoms with E-state index in [1.165, 1.54) is 12.0 Å². The molecule has 1 saturated heterocycles. The maximum Gasteiger partial charge on any atom is 0.122 e. The Morgan fingerprint density at radius 1 is 1.35 bits per heavy atom. The lowest BCUT2D eigenvalue weighted by Crippen LogP contribution is -2.61. The number of methoxy groups -OCH3 is 1. The predicted octanol–water partition coefficient (Wildman–Crippen LogP) is 2.70. The fourth-order valence-electron chi connectivity index (χ4n) is 3.05. The van der Waals surface area contributed by atoms with Gasteiger partial charge in [-0.05, 0) is 38.3 Å². The second kappa shape index (κ2) is 6.59. The van der Waals surface area contributed by atoms with Crippen molar-refractivity contribution in [2.24, 2.45) is 0 Å². The lowest BCUT2D eigenvalue weighted by atomic mass is 9.97. The van der Waals surface area contributed by atoms with Gasteiger partial charge in [0.15, 0.2) is 0 Å². The van der Waals surface area contributed by atoms with Gasteiger partial charge in [0.05, 0.1) is 7.11 Å². The molecule has 1 atom stereocenters. The van der Waals surface area contributed by atoms with E-state index >= 15 is 0 Å². The number of nitrogens with zero attached hydrogens (tertiary/aromatic N) is 1. The number of rotatable bonds is 5. The molecule has 1 unspecified atom stereocenters. The Kier molecular flexibility index (Phi) is 5.06. The lowest BCUT2D eigenvalue weighted by molar-refractivity contribution is 0.0938. The minimum absolute atomic E-state index is 0.215. The zero-order valence-electron chi connectivity index (χ0n) is 13.3. The van der Waals surface area contributed by atoms with Crippen LogP contribution in [0.3, 0.4) is 0 Å².